The summed E-state index contributed by atoms with van der Waals surface area (Å²) in [6.45, 7) is 3.24. The number of thiol groups is 1. The number of aliphatic carboxylic acids is 1. The number of carbonyl (C=O) groups is 3. The summed E-state index contributed by atoms with van der Waals surface area (Å²) in [5.74, 6) is -1.44. The normalized spacial score (nSPS) is 17.5. The van der Waals surface area contributed by atoms with E-state index in [0.29, 0.717) is 12.2 Å². The molecule has 130 valence electrons. The molecule has 24 heavy (non-hydrogen) atoms. The van der Waals surface area contributed by atoms with Gasteiger partial charge < -0.3 is 10.0 Å². The van der Waals surface area contributed by atoms with Crippen LogP contribution < -0.4 is 0 Å². The summed E-state index contributed by atoms with van der Waals surface area (Å²) in [6, 6.07) is 7.57. The first-order valence-electron chi connectivity index (χ1n) is 7.87. The molecule has 1 heterocycles. The summed E-state index contributed by atoms with van der Waals surface area (Å²) in [6.07, 6.45) is 0.495. The van der Waals surface area contributed by atoms with Gasteiger partial charge in [-0.3, -0.25) is 9.69 Å². The molecule has 0 radical (unpaired) electrons. The molecule has 2 atom stereocenters. The van der Waals surface area contributed by atoms with Gasteiger partial charge in [0, 0.05) is 5.75 Å². The highest BCUT2D eigenvalue weighted by Crippen LogP contribution is 2.23. The monoisotopic (exact) mass is 350 g/mol. The van der Waals surface area contributed by atoms with Gasteiger partial charge in [-0.05, 0) is 17.9 Å². The maximum atomic E-state index is 12.7. The fourth-order valence-corrected chi connectivity index (χ4v) is 3.31. The van der Waals surface area contributed by atoms with Crippen molar-refractivity contribution >= 4 is 30.5 Å². The second-order valence-electron chi connectivity index (χ2n) is 6.23. The average Bonchev–Trinajstić information content (AvgIpc) is 2.80. The summed E-state index contributed by atoms with van der Waals surface area (Å²) in [5.41, 5.74) is 0.995. The van der Waals surface area contributed by atoms with Crippen molar-refractivity contribution in [2.75, 3.05) is 12.3 Å². The molecule has 6 nitrogen and oxygen atoms in total. The molecule has 1 fully saturated rings. The van der Waals surface area contributed by atoms with Gasteiger partial charge in [-0.15, -0.1) is 0 Å². The van der Waals surface area contributed by atoms with Crippen LogP contribution >= 0.6 is 12.6 Å². The Morgan fingerprint density at radius 3 is 2.38 bits per heavy atom. The van der Waals surface area contributed by atoms with Crippen molar-refractivity contribution in [3.63, 3.8) is 0 Å². The Morgan fingerprint density at radius 1 is 1.25 bits per heavy atom. The van der Waals surface area contributed by atoms with Crippen molar-refractivity contribution in [2.24, 2.45) is 5.92 Å². The summed E-state index contributed by atoms with van der Waals surface area (Å²) in [5, 5.41) is 9.39. The van der Waals surface area contributed by atoms with Gasteiger partial charge in [-0.1, -0.05) is 44.2 Å². The van der Waals surface area contributed by atoms with E-state index in [1.54, 1.807) is 13.8 Å². The minimum absolute atomic E-state index is 0.201. The van der Waals surface area contributed by atoms with E-state index in [0.717, 1.165) is 15.4 Å². The van der Waals surface area contributed by atoms with E-state index in [4.69, 9.17) is 0 Å². The van der Waals surface area contributed by atoms with Crippen LogP contribution in [0.3, 0.4) is 0 Å². The molecular formula is C17H22N2O4S. The van der Waals surface area contributed by atoms with Crippen LogP contribution in [0.5, 0.6) is 0 Å². The number of nitrogens with zero attached hydrogens (tertiary/aromatic N) is 2. The molecule has 1 saturated heterocycles. The molecule has 2 rings (SSSR count). The van der Waals surface area contributed by atoms with Crippen molar-refractivity contribution in [2.45, 2.75) is 32.4 Å². The second kappa shape index (κ2) is 7.70. The highest BCUT2D eigenvalue weighted by atomic mass is 32.1. The summed E-state index contributed by atoms with van der Waals surface area (Å²) in [7, 11) is 0. The molecule has 1 aliphatic heterocycles. The molecule has 0 saturated carbocycles. The Balaban J connectivity index is 2.22. The van der Waals surface area contributed by atoms with Crippen LogP contribution in [-0.2, 0) is 16.0 Å². The van der Waals surface area contributed by atoms with Gasteiger partial charge in [0.1, 0.15) is 12.6 Å². The number of hydrogen-bond donors (Lipinski definition) is 2. The molecule has 1 aromatic carbocycles. The number of benzene rings is 1. The van der Waals surface area contributed by atoms with Crippen molar-refractivity contribution in [3.8, 4) is 0 Å². The Kier molecular flexibility index (Phi) is 5.88. The topological polar surface area (TPSA) is 77.9 Å². The number of carbonyl (C=O) groups excluding carboxylic acids is 2. The minimum atomic E-state index is -1.10. The van der Waals surface area contributed by atoms with E-state index in [1.807, 2.05) is 30.3 Å². The number of hydrogen-bond acceptors (Lipinski definition) is 4. The predicted octanol–water partition coefficient (Wildman–Crippen LogP) is 1.90. The van der Waals surface area contributed by atoms with Gasteiger partial charge in [0.25, 0.3) is 5.91 Å². The fourth-order valence-electron chi connectivity index (χ4n) is 3.01. The third-order valence-electron chi connectivity index (χ3n) is 4.14. The Bertz CT molecular complexity index is 620. The number of carboxylic acid groups (broad SMARTS) is 1. The zero-order valence-corrected chi connectivity index (χ0v) is 14.6. The summed E-state index contributed by atoms with van der Waals surface area (Å²) in [4.78, 5) is 38.9. The minimum Gasteiger partial charge on any atom is -0.480 e. The van der Waals surface area contributed by atoms with Crippen molar-refractivity contribution in [1.29, 1.82) is 0 Å². The van der Waals surface area contributed by atoms with E-state index < -0.39 is 24.1 Å². The number of urea groups is 1. The van der Waals surface area contributed by atoms with Crippen LogP contribution in [0.15, 0.2) is 30.3 Å². The predicted molar refractivity (Wildman–Crippen MR) is 93.0 cm³/mol. The molecule has 0 aromatic heterocycles. The lowest BCUT2D eigenvalue weighted by Gasteiger charge is -2.29. The third kappa shape index (κ3) is 3.72. The highest BCUT2D eigenvalue weighted by Gasteiger charge is 2.45. The Labute approximate surface area is 146 Å². The summed E-state index contributed by atoms with van der Waals surface area (Å²) >= 11 is 4.28. The lowest BCUT2D eigenvalue weighted by molar-refractivity contribution is -0.143. The van der Waals surface area contributed by atoms with Crippen LogP contribution in [-0.4, -0.2) is 57.2 Å². The number of rotatable bonds is 7. The second-order valence-corrected chi connectivity index (χ2v) is 6.59. The maximum Gasteiger partial charge on any atom is 0.328 e. The highest BCUT2D eigenvalue weighted by molar-refractivity contribution is 7.80. The van der Waals surface area contributed by atoms with Crippen LogP contribution in [0.2, 0.25) is 0 Å². The first-order chi connectivity index (χ1) is 11.4. The molecule has 0 spiro atoms. The standard InChI is InChI=1S/C17H22N2O4S/c1-11(2)15(16(21)22)18-9-14(20)19(17(18)23)13(10-24)8-12-6-4-3-5-7-12/h3-7,11,13,15,24H,8-10H2,1-2H3,(H,21,22)/t13?,15-/m0/s1. The Hall–Kier alpha value is -2.02. The fraction of sp³-hybridized carbons (Fsp3) is 0.471. The largest absolute Gasteiger partial charge is 0.480 e. The van der Waals surface area contributed by atoms with Gasteiger partial charge in [0.2, 0.25) is 0 Å². The van der Waals surface area contributed by atoms with E-state index >= 15 is 0 Å². The van der Waals surface area contributed by atoms with Gasteiger partial charge in [-0.25, -0.2) is 9.59 Å². The van der Waals surface area contributed by atoms with Gasteiger partial charge >= 0.3 is 12.0 Å². The molecule has 1 N–H and O–H groups in total. The molecule has 1 unspecified atom stereocenters. The van der Waals surface area contributed by atoms with Gasteiger partial charge in [0.05, 0.1) is 6.04 Å². The number of amides is 3. The Morgan fingerprint density at radius 2 is 1.88 bits per heavy atom. The zero-order chi connectivity index (χ0) is 17.9. The summed E-state index contributed by atoms with van der Waals surface area (Å²) < 4.78 is 0. The molecule has 3 amide bonds. The molecule has 7 heteroatoms. The first-order valence-corrected chi connectivity index (χ1v) is 8.50. The quantitative estimate of drug-likeness (QED) is 0.582. The van der Waals surface area contributed by atoms with Crippen LogP contribution in [0.1, 0.15) is 19.4 Å². The molecule has 1 aliphatic rings. The van der Waals surface area contributed by atoms with Crippen molar-refractivity contribution in [3.05, 3.63) is 35.9 Å². The van der Waals surface area contributed by atoms with Crippen molar-refractivity contribution in [1.82, 2.24) is 9.80 Å². The van der Waals surface area contributed by atoms with Gasteiger partial charge in [0.15, 0.2) is 0 Å². The third-order valence-corrected chi connectivity index (χ3v) is 4.56. The SMILES string of the molecule is CC(C)[C@@H](C(=O)O)N1CC(=O)N(C(CS)Cc2ccccc2)C1=O. The van der Waals surface area contributed by atoms with E-state index in [-0.39, 0.29) is 18.4 Å². The first kappa shape index (κ1) is 18.3. The smallest absolute Gasteiger partial charge is 0.328 e. The van der Waals surface area contributed by atoms with Gasteiger partial charge in [-0.2, -0.15) is 12.6 Å². The zero-order valence-electron chi connectivity index (χ0n) is 13.8. The van der Waals surface area contributed by atoms with Crippen LogP contribution in [0.4, 0.5) is 4.79 Å². The number of carboxylic acids is 1. The van der Waals surface area contributed by atoms with Crippen LogP contribution in [0, 0.1) is 5.92 Å². The molecule has 1 aromatic rings. The average molecular weight is 350 g/mol. The number of imide groups is 1. The molecule has 0 bridgehead atoms. The lowest BCUT2D eigenvalue weighted by Crippen LogP contribution is -2.49. The lowest BCUT2D eigenvalue weighted by atomic mass is 10.0. The van der Waals surface area contributed by atoms with E-state index in [9.17, 15) is 19.5 Å². The van der Waals surface area contributed by atoms with Crippen LogP contribution in [0.25, 0.3) is 0 Å². The maximum absolute atomic E-state index is 12.7. The van der Waals surface area contributed by atoms with E-state index in [2.05, 4.69) is 12.6 Å². The molecular weight excluding hydrogens is 328 g/mol. The van der Waals surface area contributed by atoms with E-state index in [1.165, 1.54) is 0 Å². The molecule has 0 aliphatic carbocycles. The van der Waals surface area contributed by atoms with Crippen molar-refractivity contribution < 1.29 is 19.5 Å².